The van der Waals surface area contributed by atoms with Crippen LogP contribution in [0.3, 0.4) is 0 Å². The molecule has 90 valence electrons. The van der Waals surface area contributed by atoms with Gasteiger partial charge in [0.15, 0.2) is 0 Å². The average Bonchev–Trinajstić information content (AvgIpc) is 2.38. The van der Waals surface area contributed by atoms with Crippen LogP contribution in [-0.4, -0.2) is 11.7 Å². The van der Waals surface area contributed by atoms with Crippen LogP contribution in [0, 0.1) is 0 Å². The van der Waals surface area contributed by atoms with Crippen LogP contribution in [0.1, 0.15) is 31.9 Å². The van der Waals surface area contributed by atoms with Crippen LogP contribution < -0.4 is 4.74 Å². The molecule has 17 heavy (non-hydrogen) atoms. The Hall–Kier alpha value is -1.54. The van der Waals surface area contributed by atoms with E-state index in [0.29, 0.717) is 6.61 Å². The van der Waals surface area contributed by atoms with E-state index < -0.39 is 6.10 Å². The van der Waals surface area contributed by atoms with Crippen LogP contribution >= 0.6 is 0 Å². The predicted octanol–water partition coefficient (Wildman–Crippen LogP) is 3.68. The van der Waals surface area contributed by atoms with Gasteiger partial charge in [-0.3, -0.25) is 0 Å². The summed E-state index contributed by atoms with van der Waals surface area (Å²) in [6.45, 7) is 4.61. The highest BCUT2D eigenvalue weighted by Gasteiger charge is 2.11. The predicted molar refractivity (Wildman–Crippen MR) is 70.4 cm³/mol. The Labute approximate surface area is 102 Å². The molecule has 2 rings (SSSR count). The van der Waals surface area contributed by atoms with E-state index in [0.717, 1.165) is 28.5 Å². The Balaban J connectivity index is 2.62. The lowest BCUT2D eigenvalue weighted by Crippen LogP contribution is -1.98. The maximum absolute atomic E-state index is 10.0. The molecule has 2 heteroatoms. The molecule has 0 aliphatic rings. The molecule has 1 atom stereocenters. The molecule has 2 nitrogen and oxygen atoms in total. The first-order valence-corrected chi connectivity index (χ1v) is 6.10. The fourth-order valence-corrected chi connectivity index (χ4v) is 2.09. The fraction of sp³-hybridized carbons (Fsp3) is 0.333. The van der Waals surface area contributed by atoms with Crippen molar-refractivity contribution in [3.8, 4) is 5.75 Å². The minimum Gasteiger partial charge on any atom is -0.493 e. The van der Waals surface area contributed by atoms with Gasteiger partial charge in [0.2, 0.25) is 0 Å². The Morgan fingerprint density at radius 2 is 1.76 bits per heavy atom. The van der Waals surface area contributed by atoms with Gasteiger partial charge in [-0.1, -0.05) is 37.3 Å². The van der Waals surface area contributed by atoms with Crippen molar-refractivity contribution in [1.29, 1.82) is 0 Å². The third kappa shape index (κ3) is 2.27. The number of aliphatic hydroxyl groups excluding tert-OH is 1. The summed E-state index contributed by atoms with van der Waals surface area (Å²) in [5.74, 6) is 0.884. The van der Waals surface area contributed by atoms with Crippen LogP contribution in [0.15, 0.2) is 36.4 Å². The second-order valence-corrected chi connectivity index (χ2v) is 4.06. The number of ether oxygens (including phenoxy) is 1. The highest BCUT2D eigenvalue weighted by Crippen LogP contribution is 2.32. The lowest BCUT2D eigenvalue weighted by Gasteiger charge is -2.14. The third-order valence-electron chi connectivity index (χ3n) is 2.96. The van der Waals surface area contributed by atoms with Crippen molar-refractivity contribution in [3.63, 3.8) is 0 Å². The summed E-state index contributed by atoms with van der Waals surface area (Å²) >= 11 is 0. The lowest BCUT2D eigenvalue weighted by atomic mass is 9.98. The van der Waals surface area contributed by atoms with Crippen LogP contribution in [-0.2, 0) is 0 Å². The van der Waals surface area contributed by atoms with E-state index in [1.165, 1.54) is 0 Å². The molecule has 0 fully saturated rings. The van der Waals surface area contributed by atoms with Gasteiger partial charge in [0.05, 0.1) is 12.7 Å². The van der Waals surface area contributed by atoms with Gasteiger partial charge < -0.3 is 9.84 Å². The van der Waals surface area contributed by atoms with Crippen LogP contribution in [0.25, 0.3) is 10.8 Å². The topological polar surface area (TPSA) is 29.5 Å². The Kier molecular flexibility index (Phi) is 3.64. The molecule has 0 heterocycles. The van der Waals surface area contributed by atoms with E-state index in [-0.39, 0.29) is 0 Å². The molecule has 0 amide bonds. The average molecular weight is 230 g/mol. The number of fused-ring (bicyclic) bond motifs is 1. The quantitative estimate of drug-likeness (QED) is 0.868. The number of benzene rings is 2. The summed E-state index contributed by atoms with van der Waals surface area (Å²) < 4.78 is 5.61. The van der Waals surface area contributed by atoms with E-state index in [9.17, 15) is 5.11 Å². The number of aliphatic hydroxyl groups is 1. The van der Waals surface area contributed by atoms with Gasteiger partial charge in [-0.15, -0.1) is 0 Å². The summed E-state index contributed by atoms with van der Waals surface area (Å²) in [4.78, 5) is 0. The Bertz CT molecular complexity index is 505. The molecule has 1 unspecified atom stereocenters. The van der Waals surface area contributed by atoms with E-state index in [1.807, 2.05) is 50.2 Å². The molecule has 2 aromatic rings. The van der Waals surface area contributed by atoms with Crippen molar-refractivity contribution >= 4 is 10.8 Å². The van der Waals surface area contributed by atoms with Crippen molar-refractivity contribution < 1.29 is 9.84 Å². The van der Waals surface area contributed by atoms with Crippen LogP contribution in [0.5, 0.6) is 5.75 Å². The van der Waals surface area contributed by atoms with Crippen molar-refractivity contribution in [2.75, 3.05) is 6.61 Å². The molecule has 0 aliphatic carbocycles. The van der Waals surface area contributed by atoms with Crippen LogP contribution in [0.2, 0.25) is 0 Å². The molecule has 0 aromatic heterocycles. The minimum absolute atomic E-state index is 0.407. The van der Waals surface area contributed by atoms with Gasteiger partial charge in [-0.25, -0.2) is 0 Å². The van der Waals surface area contributed by atoms with E-state index in [4.69, 9.17) is 4.74 Å². The molecule has 0 saturated heterocycles. The normalized spacial score (nSPS) is 12.6. The monoisotopic (exact) mass is 230 g/mol. The van der Waals surface area contributed by atoms with Gasteiger partial charge in [-0.2, -0.15) is 0 Å². The van der Waals surface area contributed by atoms with Crippen molar-refractivity contribution in [3.05, 3.63) is 42.0 Å². The molecule has 1 N–H and O–H groups in total. The van der Waals surface area contributed by atoms with Crippen molar-refractivity contribution in [2.45, 2.75) is 26.4 Å². The Morgan fingerprint density at radius 3 is 2.41 bits per heavy atom. The molecule has 0 spiro atoms. The standard InChI is InChI=1S/C15H18O2/c1-3-14(16)12-9-10-15(17-4-2)13-8-6-5-7-11(12)13/h5-10,14,16H,3-4H2,1-2H3. The fourth-order valence-electron chi connectivity index (χ4n) is 2.09. The number of hydrogen-bond acceptors (Lipinski definition) is 2. The second-order valence-electron chi connectivity index (χ2n) is 4.06. The van der Waals surface area contributed by atoms with Gasteiger partial charge in [0.25, 0.3) is 0 Å². The van der Waals surface area contributed by atoms with Gasteiger partial charge in [0, 0.05) is 5.39 Å². The van der Waals surface area contributed by atoms with Crippen molar-refractivity contribution in [1.82, 2.24) is 0 Å². The number of rotatable bonds is 4. The summed E-state index contributed by atoms with van der Waals surface area (Å²) in [6, 6.07) is 12.0. The zero-order valence-electron chi connectivity index (χ0n) is 10.3. The molecule has 0 bridgehead atoms. The highest BCUT2D eigenvalue weighted by molar-refractivity contribution is 5.91. The summed E-state index contributed by atoms with van der Waals surface area (Å²) in [6.07, 6.45) is 0.313. The molecular formula is C15H18O2. The van der Waals surface area contributed by atoms with Crippen LogP contribution in [0.4, 0.5) is 0 Å². The first-order valence-electron chi connectivity index (χ1n) is 6.10. The van der Waals surface area contributed by atoms with Gasteiger partial charge >= 0.3 is 0 Å². The zero-order valence-corrected chi connectivity index (χ0v) is 10.3. The highest BCUT2D eigenvalue weighted by atomic mass is 16.5. The molecule has 2 aromatic carbocycles. The largest absolute Gasteiger partial charge is 0.493 e. The van der Waals surface area contributed by atoms with Gasteiger partial charge in [-0.05, 0) is 30.4 Å². The third-order valence-corrected chi connectivity index (χ3v) is 2.96. The summed E-state index contributed by atoms with van der Waals surface area (Å²) in [7, 11) is 0. The van der Waals surface area contributed by atoms with E-state index >= 15 is 0 Å². The minimum atomic E-state index is -0.407. The van der Waals surface area contributed by atoms with E-state index in [1.54, 1.807) is 0 Å². The summed E-state index contributed by atoms with van der Waals surface area (Å²) in [5, 5.41) is 12.2. The SMILES string of the molecule is CCOc1ccc(C(O)CC)c2ccccc12. The maximum atomic E-state index is 10.0. The smallest absolute Gasteiger partial charge is 0.127 e. The molecule has 0 radical (unpaired) electrons. The first kappa shape index (κ1) is 11.9. The Morgan fingerprint density at radius 1 is 1.06 bits per heavy atom. The number of hydrogen-bond donors (Lipinski definition) is 1. The lowest BCUT2D eigenvalue weighted by molar-refractivity contribution is 0.175. The zero-order chi connectivity index (χ0) is 12.3. The molecule has 0 aliphatic heterocycles. The first-order chi connectivity index (χ1) is 8.27. The second kappa shape index (κ2) is 5.19. The molecule has 0 saturated carbocycles. The van der Waals surface area contributed by atoms with E-state index in [2.05, 4.69) is 0 Å². The molecular weight excluding hydrogens is 212 g/mol. The maximum Gasteiger partial charge on any atom is 0.127 e. The summed E-state index contributed by atoms with van der Waals surface area (Å²) in [5.41, 5.74) is 0.978. The van der Waals surface area contributed by atoms with Crippen molar-refractivity contribution in [2.24, 2.45) is 0 Å². The van der Waals surface area contributed by atoms with Gasteiger partial charge in [0.1, 0.15) is 5.75 Å².